The maximum absolute atomic E-state index is 12.3. The van der Waals surface area contributed by atoms with Gasteiger partial charge < -0.3 is 15.1 Å². The van der Waals surface area contributed by atoms with E-state index in [1.807, 2.05) is 0 Å². The predicted molar refractivity (Wildman–Crippen MR) is 73.3 cm³/mol. The molecule has 1 heterocycles. The number of carboxylic acid groups (broad SMARTS) is 1. The molecule has 2 unspecified atom stereocenters. The average molecular weight is 284 g/mol. The van der Waals surface area contributed by atoms with Crippen LogP contribution in [-0.4, -0.2) is 70.2 Å². The van der Waals surface area contributed by atoms with E-state index in [1.54, 1.807) is 16.8 Å². The largest absolute Gasteiger partial charge is 0.480 e. The summed E-state index contributed by atoms with van der Waals surface area (Å²) in [6, 6.07) is -0.458. The van der Waals surface area contributed by atoms with Crippen molar-refractivity contribution in [2.75, 3.05) is 20.1 Å². The summed E-state index contributed by atoms with van der Waals surface area (Å²) in [5, 5.41) is 18.7. The molecule has 2 rings (SSSR count). The second-order valence-corrected chi connectivity index (χ2v) is 5.97. The summed E-state index contributed by atoms with van der Waals surface area (Å²) in [5.41, 5.74) is 0. The van der Waals surface area contributed by atoms with Crippen LogP contribution in [0.15, 0.2) is 0 Å². The monoisotopic (exact) mass is 284 g/mol. The van der Waals surface area contributed by atoms with Gasteiger partial charge in [0, 0.05) is 26.1 Å². The molecule has 1 aliphatic heterocycles. The molecule has 2 fully saturated rings. The SMILES string of the molecule is CN(C(=O)CN1CC(O)CC1C(=O)O)C1CCCCC1. The molecule has 114 valence electrons. The van der Waals surface area contributed by atoms with Gasteiger partial charge in [-0.25, -0.2) is 0 Å². The highest BCUT2D eigenvalue weighted by Gasteiger charge is 2.37. The lowest BCUT2D eigenvalue weighted by atomic mass is 9.94. The van der Waals surface area contributed by atoms with Crippen LogP contribution in [0.3, 0.4) is 0 Å². The second kappa shape index (κ2) is 6.54. The van der Waals surface area contributed by atoms with E-state index in [0.29, 0.717) is 0 Å². The molecule has 0 bridgehead atoms. The number of β-amino-alcohol motifs (C(OH)–C–C–N with tert-alkyl or cyclic N) is 1. The van der Waals surface area contributed by atoms with Crippen LogP contribution in [-0.2, 0) is 9.59 Å². The summed E-state index contributed by atoms with van der Waals surface area (Å²) >= 11 is 0. The van der Waals surface area contributed by atoms with Crippen molar-refractivity contribution in [2.45, 2.75) is 56.7 Å². The fraction of sp³-hybridized carbons (Fsp3) is 0.857. The zero-order valence-corrected chi connectivity index (χ0v) is 12.0. The minimum Gasteiger partial charge on any atom is -0.480 e. The summed E-state index contributed by atoms with van der Waals surface area (Å²) < 4.78 is 0. The molecule has 1 aliphatic carbocycles. The lowest BCUT2D eigenvalue weighted by Crippen LogP contribution is -2.47. The molecule has 0 radical (unpaired) electrons. The van der Waals surface area contributed by atoms with Gasteiger partial charge in [-0.1, -0.05) is 19.3 Å². The maximum Gasteiger partial charge on any atom is 0.321 e. The maximum atomic E-state index is 12.3. The van der Waals surface area contributed by atoms with Crippen LogP contribution >= 0.6 is 0 Å². The molecule has 2 N–H and O–H groups in total. The fourth-order valence-corrected chi connectivity index (χ4v) is 3.27. The van der Waals surface area contributed by atoms with Crippen molar-refractivity contribution in [1.29, 1.82) is 0 Å². The number of carbonyl (C=O) groups excluding carboxylic acids is 1. The number of carboxylic acids is 1. The number of aliphatic hydroxyl groups is 1. The van der Waals surface area contributed by atoms with E-state index in [2.05, 4.69) is 0 Å². The first-order chi connectivity index (χ1) is 9.49. The Labute approximate surface area is 119 Å². The number of likely N-dealkylation sites (tertiary alicyclic amines) is 1. The molecule has 1 saturated carbocycles. The molecule has 6 heteroatoms. The van der Waals surface area contributed by atoms with Gasteiger partial charge in [0.05, 0.1) is 12.6 Å². The predicted octanol–water partition coefficient (Wildman–Crippen LogP) is 0.297. The third-order valence-corrected chi connectivity index (χ3v) is 4.52. The quantitative estimate of drug-likeness (QED) is 0.776. The topological polar surface area (TPSA) is 81.1 Å². The molecular weight excluding hydrogens is 260 g/mol. The van der Waals surface area contributed by atoms with Crippen LogP contribution < -0.4 is 0 Å². The number of hydrogen-bond acceptors (Lipinski definition) is 4. The second-order valence-electron chi connectivity index (χ2n) is 5.97. The van der Waals surface area contributed by atoms with Gasteiger partial charge in [-0.05, 0) is 12.8 Å². The lowest BCUT2D eigenvalue weighted by Gasteiger charge is -2.33. The molecule has 6 nitrogen and oxygen atoms in total. The molecule has 2 aliphatic rings. The molecule has 1 saturated heterocycles. The van der Waals surface area contributed by atoms with Crippen molar-refractivity contribution in [3.63, 3.8) is 0 Å². The van der Waals surface area contributed by atoms with Gasteiger partial charge in [0.15, 0.2) is 0 Å². The summed E-state index contributed by atoms with van der Waals surface area (Å²) in [7, 11) is 1.81. The molecule has 2 atom stereocenters. The molecule has 20 heavy (non-hydrogen) atoms. The normalized spacial score (nSPS) is 28.5. The summed E-state index contributed by atoms with van der Waals surface area (Å²) in [4.78, 5) is 26.8. The Morgan fingerprint density at radius 1 is 1.25 bits per heavy atom. The number of rotatable bonds is 4. The number of aliphatic carboxylic acids is 1. The number of hydrogen-bond donors (Lipinski definition) is 2. The minimum atomic E-state index is -0.963. The Balaban J connectivity index is 1.91. The Hall–Kier alpha value is -1.14. The van der Waals surface area contributed by atoms with Crippen LogP contribution in [0.5, 0.6) is 0 Å². The molecular formula is C14H24N2O4. The van der Waals surface area contributed by atoms with E-state index < -0.39 is 18.1 Å². The van der Waals surface area contributed by atoms with Gasteiger partial charge >= 0.3 is 5.97 Å². The molecule has 1 amide bonds. The lowest BCUT2D eigenvalue weighted by molar-refractivity contribution is -0.143. The highest BCUT2D eigenvalue weighted by molar-refractivity contribution is 5.80. The number of carbonyl (C=O) groups is 2. The van der Waals surface area contributed by atoms with Crippen molar-refractivity contribution in [1.82, 2.24) is 9.80 Å². The van der Waals surface area contributed by atoms with E-state index in [9.17, 15) is 14.7 Å². The number of nitrogens with zero attached hydrogens (tertiary/aromatic N) is 2. The van der Waals surface area contributed by atoms with Crippen LogP contribution in [0.1, 0.15) is 38.5 Å². The van der Waals surface area contributed by atoms with E-state index in [0.717, 1.165) is 25.7 Å². The minimum absolute atomic E-state index is 0.0442. The Morgan fingerprint density at radius 3 is 2.50 bits per heavy atom. The molecule has 0 spiro atoms. The van der Waals surface area contributed by atoms with Crippen molar-refractivity contribution < 1.29 is 19.8 Å². The van der Waals surface area contributed by atoms with Gasteiger partial charge in [0.2, 0.25) is 5.91 Å². The highest BCUT2D eigenvalue weighted by atomic mass is 16.4. The Bertz CT molecular complexity index is 368. The van der Waals surface area contributed by atoms with Crippen molar-refractivity contribution >= 4 is 11.9 Å². The number of amides is 1. The van der Waals surface area contributed by atoms with Crippen molar-refractivity contribution in [2.24, 2.45) is 0 Å². The Kier molecular flexibility index (Phi) is 4.99. The van der Waals surface area contributed by atoms with Gasteiger partial charge in [0.25, 0.3) is 0 Å². The Morgan fingerprint density at radius 2 is 1.90 bits per heavy atom. The standard InChI is InChI=1S/C14H24N2O4/c1-15(10-5-3-2-4-6-10)13(18)9-16-8-11(17)7-12(16)14(19)20/h10-12,17H,2-9H2,1H3,(H,19,20). The van der Waals surface area contributed by atoms with Gasteiger partial charge in [-0.2, -0.15) is 0 Å². The van der Waals surface area contributed by atoms with E-state index in [-0.39, 0.29) is 31.5 Å². The molecule has 0 aromatic carbocycles. The number of likely N-dealkylation sites (N-methyl/N-ethyl adjacent to an activating group) is 1. The van der Waals surface area contributed by atoms with Gasteiger partial charge in [-0.15, -0.1) is 0 Å². The first-order valence-corrected chi connectivity index (χ1v) is 7.39. The smallest absolute Gasteiger partial charge is 0.321 e. The third-order valence-electron chi connectivity index (χ3n) is 4.52. The van der Waals surface area contributed by atoms with E-state index in [4.69, 9.17) is 5.11 Å². The highest BCUT2D eigenvalue weighted by Crippen LogP contribution is 2.23. The first-order valence-electron chi connectivity index (χ1n) is 7.39. The van der Waals surface area contributed by atoms with Crippen LogP contribution in [0.2, 0.25) is 0 Å². The summed E-state index contributed by atoms with van der Waals surface area (Å²) in [6.07, 6.45) is 5.17. The van der Waals surface area contributed by atoms with E-state index in [1.165, 1.54) is 6.42 Å². The average Bonchev–Trinajstić information content (AvgIpc) is 2.80. The van der Waals surface area contributed by atoms with Gasteiger partial charge in [0.1, 0.15) is 6.04 Å². The van der Waals surface area contributed by atoms with Crippen LogP contribution in [0, 0.1) is 0 Å². The zero-order valence-electron chi connectivity index (χ0n) is 12.0. The zero-order chi connectivity index (χ0) is 14.7. The van der Waals surface area contributed by atoms with E-state index >= 15 is 0 Å². The summed E-state index contributed by atoms with van der Waals surface area (Å²) in [6.45, 7) is 0.349. The fourth-order valence-electron chi connectivity index (χ4n) is 3.27. The number of aliphatic hydroxyl groups excluding tert-OH is 1. The van der Waals surface area contributed by atoms with Crippen molar-refractivity contribution in [3.05, 3.63) is 0 Å². The van der Waals surface area contributed by atoms with Crippen LogP contribution in [0.25, 0.3) is 0 Å². The molecule has 0 aromatic heterocycles. The molecule has 0 aromatic rings. The van der Waals surface area contributed by atoms with Crippen LogP contribution in [0.4, 0.5) is 0 Å². The summed E-state index contributed by atoms with van der Waals surface area (Å²) in [5.74, 6) is -1.01. The first kappa shape index (κ1) is 15.3. The van der Waals surface area contributed by atoms with Gasteiger partial charge in [-0.3, -0.25) is 14.5 Å². The van der Waals surface area contributed by atoms with Crippen molar-refractivity contribution in [3.8, 4) is 0 Å². The third kappa shape index (κ3) is 3.49.